The zero-order valence-corrected chi connectivity index (χ0v) is 15.8. The van der Waals surface area contributed by atoms with E-state index in [2.05, 4.69) is 0 Å². The van der Waals surface area contributed by atoms with Crippen LogP contribution in [0.25, 0.3) is 0 Å². The molecule has 1 fully saturated rings. The standard InChI is InChI=1S/C17H24N2O6S/c1-3-25-17(21)14-4-6-15(7-5-14)19(26(2,22)23)9-8-16(20)18-10-12-24-13-11-18/h4-7H,3,8-13H2,1-2H3. The van der Waals surface area contributed by atoms with Crippen LogP contribution in [0.5, 0.6) is 0 Å². The predicted octanol–water partition coefficient (Wildman–Crippen LogP) is 0.878. The van der Waals surface area contributed by atoms with Crippen LogP contribution in [0.3, 0.4) is 0 Å². The average molecular weight is 384 g/mol. The van der Waals surface area contributed by atoms with Crippen molar-refractivity contribution in [3.63, 3.8) is 0 Å². The minimum Gasteiger partial charge on any atom is -0.462 e. The number of carbonyl (C=O) groups excluding carboxylic acids is 2. The molecule has 1 saturated heterocycles. The number of anilines is 1. The topological polar surface area (TPSA) is 93.2 Å². The smallest absolute Gasteiger partial charge is 0.338 e. The van der Waals surface area contributed by atoms with Gasteiger partial charge in [0.25, 0.3) is 0 Å². The molecule has 0 atom stereocenters. The average Bonchev–Trinajstić information content (AvgIpc) is 2.62. The third kappa shape index (κ3) is 5.43. The molecule has 1 aliphatic rings. The number of hydrogen-bond acceptors (Lipinski definition) is 6. The second-order valence-corrected chi connectivity index (χ2v) is 7.75. The minimum atomic E-state index is -3.57. The summed E-state index contributed by atoms with van der Waals surface area (Å²) in [6, 6.07) is 6.09. The number of sulfonamides is 1. The molecule has 0 saturated carbocycles. The van der Waals surface area contributed by atoms with Crippen LogP contribution in [0.1, 0.15) is 23.7 Å². The molecule has 2 rings (SSSR count). The lowest BCUT2D eigenvalue weighted by Gasteiger charge is -2.28. The molecule has 1 heterocycles. The van der Waals surface area contributed by atoms with E-state index in [1.165, 1.54) is 28.6 Å². The molecule has 0 radical (unpaired) electrons. The molecular weight excluding hydrogens is 360 g/mol. The molecule has 1 aliphatic heterocycles. The van der Waals surface area contributed by atoms with Gasteiger partial charge in [0.2, 0.25) is 15.9 Å². The Kier molecular flexibility index (Phi) is 6.98. The Morgan fingerprint density at radius 1 is 1.19 bits per heavy atom. The second kappa shape index (κ2) is 9.00. The largest absolute Gasteiger partial charge is 0.462 e. The first kappa shape index (κ1) is 20.2. The summed E-state index contributed by atoms with van der Waals surface area (Å²) >= 11 is 0. The van der Waals surface area contributed by atoms with Gasteiger partial charge >= 0.3 is 5.97 Å². The van der Waals surface area contributed by atoms with Crippen molar-refractivity contribution in [3.8, 4) is 0 Å². The molecule has 1 aromatic rings. The normalized spacial score (nSPS) is 14.8. The van der Waals surface area contributed by atoms with Gasteiger partial charge in [-0.1, -0.05) is 0 Å². The van der Waals surface area contributed by atoms with Crippen LogP contribution in [-0.2, 0) is 24.3 Å². The number of carbonyl (C=O) groups is 2. The number of nitrogens with zero attached hydrogens (tertiary/aromatic N) is 2. The number of esters is 1. The van der Waals surface area contributed by atoms with Gasteiger partial charge in [-0.2, -0.15) is 0 Å². The lowest BCUT2D eigenvalue weighted by Crippen LogP contribution is -2.42. The van der Waals surface area contributed by atoms with Gasteiger partial charge in [-0.15, -0.1) is 0 Å². The van der Waals surface area contributed by atoms with Gasteiger partial charge in [0.15, 0.2) is 0 Å². The quantitative estimate of drug-likeness (QED) is 0.648. The molecule has 1 aromatic carbocycles. The molecule has 26 heavy (non-hydrogen) atoms. The maximum absolute atomic E-state index is 12.3. The number of rotatable bonds is 7. The Morgan fingerprint density at radius 3 is 2.35 bits per heavy atom. The fourth-order valence-electron chi connectivity index (χ4n) is 2.63. The van der Waals surface area contributed by atoms with Crippen molar-refractivity contribution in [3.05, 3.63) is 29.8 Å². The van der Waals surface area contributed by atoms with Gasteiger partial charge in [-0.25, -0.2) is 13.2 Å². The van der Waals surface area contributed by atoms with E-state index in [9.17, 15) is 18.0 Å². The molecule has 1 amide bonds. The Morgan fingerprint density at radius 2 is 1.81 bits per heavy atom. The number of morpholine rings is 1. The van der Waals surface area contributed by atoms with E-state index < -0.39 is 16.0 Å². The highest BCUT2D eigenvalue weighted by atomic mass is 32.2. The van der Waals surface area contributed by atoms with E-state index in [0.717, 1.165) is 6.26 Å². The van der Waals surface area contributed by atoms with Crippen LogP contribution < -0.4 is 4.31 Å². The first-order valence-corrected chi connectivity index (χ1v) is 10.3. The third-order valence-electron chi connectivity index (χ3n) is 3.96. The van der Waals surface area contributed by atoms with E-state index in [1.807, 2.05) is 0 Å². The fourth-order valence-corrected chi connectivity index (χ4v) is 3.56. The van der Waals surface area contributed by atoms with Crippen LogP contribution in [-0.4, -0.2) is 70.9 Å². The molecule has 144 valence electrons. The summed E-state index contributed by atoms with van der Waals surface area (Å²) in [6.45, 7) is 4.04. The fraction of sp³-hybridized carbons (Fsp3) is 0.529. The first-order valence-electron chi connectivity index (χ1n) is 8.43. The highest BCUT2D eigenvalue weighted by Crippen LogP contribution is 2.19. The number of benzene rings is 1. The Balaban J connectivity index is 2.07. The molecule has 0 N–H and O–H groups in total. The molecular formula is C17H24N2O6S. The monoisotopic (exact) mass is 384 g/mol. The van der Waals surface area contributed by atoms with Crippen LogP contribution >= 0.6 is 0 Å². The van der Waals surface area contributed by atoms with Gasteiger partial charge in [0.1, 0.15) is 0 Å². The molecule has 0 aliphatic carbocycles. The number of amides is 1. The summed E-state index contributed by atoms with van der Waals surface area (Å²) < 4.78 is 35.5. The van der Waals surface area contributed by atoms with Crippen molar-refractivity contribution in [2.24, 2.45) is 0 Å². The van der Waals surface area contributed by atoms with Gasteiger partial charge in [-0.3, -0.25) is 9.10 Å². The molecule has 0 unspecified atom stereocenters. The van der Waals surface area contributed by atoms with Crippen LogP contribution in [0, 0.1) is 0 Å². The minimum absolute atomic E-state index is 0.0355. The van der Waals surface area contributed by atoms with Gasteiger partial charge < -0.3 is 14.4 Å². The predicted molar refractivity (Wildman–Crippen MR) is 96.6 cm³/mol. The molecule has 8 nitrogen and oxygen atoms in total. The van der Waals surface area contributed by atoms with E-state index in [0.29, 0.717) is 37.6 Å². The van der Waals surface area contributed by atoms with Gasteiger partial charge in [-0.05, 0) is 31.2 Å². The summed E-state index contributed by atoms with van der Waals surface area (Å²) in [5.74, 6) is -0.572. The van der Waals surface area contributed by atoms with E-state index in [1.54, 1.807) is 11.8 Å². The lowest BCUT2D eigenvalue weighted by atomic mass is 10.2. The van der Waals surface area contributed by atoms with Crippen LogP contribution in [0.2, 0.25) is 0 Å². The van der Waals surface area contributed by atoms with Gasteiger partial charge in [0.05, 0.1) is 37.3 Å². The Bertz CT molecular complexity index is 726. The first-order chi connectivity index (χ1) is 12.3. The molecule has 0 aromatic heterocycles. The Labute approximate surface area is 153 Å². The molecule has 9 heteroatoms. The maximum atomic E-state index is 12.3. The maximum Gasteiger partial charge on any atom is 0.338 e. The lowest BCUT2D eigenvalue weighted by molar-refractivity contribution is -0.135. The summed E-state index contributed by atoms with van der Waals surface area (Å²) in [4.78, 5) is 25.6. The van der Waals surface area contributed by atoms with Crippen molar-refractivity contribution in [2.45, 2.75) is 13.3 Å². The summed E-state index contributed by atoms with van der Waals surface area (Å²) in [7, 11) is -3.57. The Hall–Kier alpha value is -2.13. The summed E-state index contributed by atoms with van der Waals surface area (Å²) in [6.07, 6.45) is 1.16. The van der Waals surface area contributed by atoms with E-state index in [4.69, 9.17) is 9.47 Å². The highest BCUT2D eigenvalue weighted by Gasteiger charge is 2.22. The van der Waals surface area contributed by atoms with Crippen LogP contribution in [0.4, 0.5) is 5.69 Å². The van der Waals surface area contributed by atoms with Crippen molar-refractivity contribution in [1.29, 1.82) is 0 Å². The van der Waals surface area contributed by atoms with Crippen molar-refractivity contribution >= 4 is 27.6 Å². The summed E-state index contributed by atoms with van der Waals surface area (Å²) in [5.41, 5.74) is 0.740. The van der Waals surface area contributed by atoms with Crippen molar-refractivity contribution in [1.82, 2.24) is 4.90 Å². The molecule has 0 spiro atoms. The summed E-state index contributed by atoms with van der Waals surface area (Å²) in [5, 5.41) is 0. The third-order valence-corrected chi connectivity index (χ3v) is 5.15. The number of ether oxygens (including phenoxy) is 2. The number of hydrogen-bond donors (Lipinski definition) is 0. The zero-order valence-electron chi connectivity index (χ0n) is 15.0. The van der Waals surface area contributed by atoms with E-state index >= 15 is 0 Å². The van der Waals surface area contributed by atoms with Gasteiger partial charge in [0, 0.05) is 26.1 Å². The SMILES string of the molecule is CCOC(=O)c1ccc(N(CCC(=O)N2CCOCC2)S(C)(=O)=O)cc1. The zero-order chi connectivity index (χ0) is 19.2. The van der Waals surface area contributed by atoms with Crippen molar-refractivity contribution < 1.29 is 27.5 Å². The highest BCUT2D eigenvalue weighted by molar-refractivity contribution is 7.92. The second-order valence-electron chi connectivity index (χ2n) is 5.85. The van der Waals surface area contributed by atoms with Crippen molar-refractivity contribution in [2.75, 3.05) is 50.0 Å². The van der Waals surface area contributed by atoms with Crippen LogP contribution in [0.15, 0.2) is 24.3 Å². The molecule has 0 bridgehead atoms. The van der Waals surface area contributed by atoms with E-state index in [-0.39, 0.29) is 25.5 Å².